The van der Waals surface area contributed by atoms with Crippen molar-refractivity contribution < 1.29 is 9.90 Å². The zero-order valence-electron chi connectivity index (χ0n) is 9.61. The van der Waals surface area contributed by atoms with Crippen molar-refractivity contribution in [2.75, 3.05) is 0 Å². The SMILES string of the molecule is Cn1cnnc1SCc1ccc(C=CC(=O)O)s1. The molecule has 0 saturated carbocycles. The van der Waals surface area contributed by atoms with E-state index >= 15 is 0 Å². The minimum absolute atomic E-state index is 0.804. The monoisotopic (exact) mass is 281 g/mol. The highest BCUT2D eigenvalue weighted by Gasteiger charge is 2.04. The van der Waals surface area contributed by atoms with Gasteiger partial charge in [-0.25, -0.2) is 4.79 Å². The van der Waals surface area contributed by atoms with Crippen LogP contribution in [0.15, 0.2) is 29.7 Å². The number of carboxylic acid groups (broad SMARTS) is 1. The molecule has 0 fully saturated rings. The number of thioether (sulfide) groups is 1. The standard InChI is InChI=1S/C11H11N3O2S2/c1-14-7-12-13-11(14)17-6-9-3-2-8(18-9)4-5-10(15)16/h2-5,7H,6H2,1H3,(H,15,16). The molecule has 0 aromatic carbocycles. The second-order valence-corrected chi connectivity index (χ2v) is 5.63. The number of thiophene rings is 1. The van der Waals surface area contributed by atoms with Crippen LogP contribution >= 0.6 is 23.1 Å². The molecule has 2 heterocycles. The zero-order chi connectivity index (χ0) is 13.0. The summed E-state index contributed by atoms with van der Waals surface area (Å²) in [6.45, 7) is 0. The van der Waals surface area contributed by atoms with Crippen LogP contribution in [0.25, 0.3) is 6.08 Å². The molecule has 0 aliphatic carbocycles. The Morgan fingerprint density at radius 3 is 3.11 bits per heavy atom. The molecular formula is C11H11N3O2S2. The fourth-order valence-electron chi connectivity index (χ4n) is 1.25. The van der Waals surface area contributed by atoms with Crippen molar-refractivity contribution in [3.05, 3.63) is 34.3 Å². The quantitative estimate of drug-likeness (QED) is 0.672. The number of carboxylic acids is 1. The molecule has 0 amide bonds. The van der Waals surface area contributed by atoms with Gasteiger partial charge >= 0.3 is 5.97 Å². The molecule has 94 valence electrons. The molecule has 0 spiro atoms. The van der Waals surface area contributed by atoms with Gasteiger partial charge in [-0.15, -0.1) is 21.5 Å². The molecule has 7 heteroatoms. The van der Waals surface area contributed by atoms with Crippen LogP contribution < -0.4 is 0 Å². The van der Waals surface area contributed by atoms with Crippen molar-refractivity contribution in [2.45, 2.75) is 10.9 Å². The van der Waals surface area contributed by atoms with Crippen LogP contribution in [0, 0.1) is 0 Å². The van der Waals surface area contributed by atoms with Gasteiger partial charge in [0.25, 0.3) is 0 Å². The van der Waals surface area contributed by atoms with Crippen LogP contribution in [0.5, 0.6) is 0 Å². The average Bonchev–Trinajstić information content (AvgIpc) is 2.93. The third-order valence-corrected chi connectivity index (χ3v) is 4.40. The Bertz CT molecular complexity index is 574. The molecule has 0 unspecified atom stereocenters. The predicted molar refractivity (Wildman–Crippen MR) is 71.6 cm³/mol. The van der Waals surface area contributed by atoms with E-state index in [1.54, 1.807) is 35.5 Å². The normalized spacial score (nSPS) is 11.2. The van der Waals surface area contributed by atoms with Crippen LogP contribution in [0.3, 0.4) is 0 Å². The fourth-order valence-corrected chi connectivity index (χ4v) is 3.10. The third-order valence-electron chi connectivity index (χ3n) is 2.09. The number of aliphatic carboxylic acids is 1. The molecule has 2 aromatic rings. The second kappa shape index (κ2) is 5.83. The molecule has 0 radical (unpaired) electrons. The summed E-state index contributed by atoms with van der Waals surface area (Å²) in [4.78, 5) is 12.5. The molecule has 0 atom stereocenters. The topological polar surface area (TPSA) is 68.0 Å². The van der Waals surface area contributed by atoms with Gasteiger partial charge in [-0.2, -0.15) is 0 Å². The molecule has 5 nitrogen and oxygen atoms in total. The number of aryl methyl sites for hydroxylation is 1. The first-order valence-electron chi connectivity index (χ1n) is 5.11. The van der Waals surface area contributed by atoms with Gasteiger partial charge in [0.1, 0.15) is 6.33 Å². The molecule has 1 N–H and O–H groups in total. The average molecular weight is 281 g/mol. The van der Waals surface area contributed by atoms with Gasteiger partial charge in [-0.3, -0.25) is 0 Å². The molecule has 0 saturated heterocycles. The van der Waals surface area contributed by atoms with E-state index in [0.29, 0.717) is 0 Å². The lowest BCUT2D eigenvalue weighted by molar-refractivity contribution is -0.131. The number of aromatic nitrogens is 3. The predicted octanol–water partition coefficient (Wildman–Crippen LogP) is 2.27. The lowest BCUT2D eigenvalue weighted by atomic mass is 10.4. The second-order valence-electron chi connectivity index (χ2n) is 3.49. The van der Waals surface area contributed by atoms with E-state index in [-0.39, 0.29) is 0 Å². The summed E-state index contributed by atoms with van der Waals surface area (Å²) in [6.07, 6.45) is 4.41. The highest BCUT2D eigenvalue weighted by atomic mass is 32.2. The summed E-state index contributed by atoms with van der Waals surface area (Å²) in [7, 11) is 1.90. The Labute approximate surface area is 112 Å². The van der Waals surface area contributed by atoms with E-state index in [4.69, 9.17) is 5.11 Å². The van der Waals surface area contributed by atoms with Crippen molar-refractivity contribution in [3.63, 3.8) is 0 Å². The molecule has 2 aromatic heterocycles. The van der Waals surface area contributed by atoms with Crippen molar-refractivity contribution in [3.8, 4) is 0 Å². The minimum Gasteiger partial charge on any atom is -0.478 e. The Morgan fingerprint density at radius 1 is 1.61 bits per heavy atom. The number of hydrogen-bond donors (Lipinski definition) is 1. The summed E-state index contributed by atoms with van der Waals surface area (Å²) in [6, 6.07) is 3.91. The highest BCUT2D eigenvalue weighted by Crippen LogP contribution is 2.25. The van der Waals surface area contributed by atoms with E-state index in [0.717, 1.165) is 21.9 Å². The van der Waals surface area contributed by atoms with Gasteiger partial charge < -0.3 is 9.67 Å². The van der Waals surface area contributed by atoms with Crippen molar-refractivity contribution in [1.29, 1.82) is 0 Å². The van der Waals surface area contributed by atoms with Crippen molar-refractivity contribution in [1.82, 2.24) is 14.8 Å². The summed E-state index contributed by atoms with van der Waals surface area (Å²) >= 11 is 3.18. The van der Waals surface area contributed by atoms with Crippen LogP contribution in [0.4, 0.5) is 0 Å². The van der Waals surface area contributed by atoms with Gasteiger partial charge in [0.05, 0.1) is 0 Å². The number of hydrogen-bond acceptors (Lipinski definition) is 5. The molecule has 0 aliphatic heterocycles. The first-order chi connectivity index (χ1) is 8.65. The Morgan fingerprint density at radius 2 is 2.44 bits per heavy atom. The number of nitrogens with zero attached hydrogens (tertiary/aromatic N) is 3. The molecule has 18 heavy (non-hydrogen) atoms. The van der Waals surface area contributed by atoms with Crippen LogP contribution in [0.1, 0.15) is 9.75 Å². The van der Waals surface area contributed by atoms with E-state index in [9.17, 15) is 4.79 Å². The summed E-state index contributed by atoms with van der Waals surface area (Å²) < 4.78 is 1.86. The van der Waals surface area contributed by atoms with Crippen LogP contribution in [-0.2, 0) is 17.6 Å². The Kier molecular flexibility index (Phi) is 4.16. The maximum atomic E-state index is 10.4. The maximum absolute atomic E-state index is 10.4. The molecule has 0 aliphatic rings. The zero-order valence-corrected chi connectivity index (χ0v) is 11.2. The molecule has 0 bridgehead atoms. The van der Waals surface area contributed by atoms with Crippen molar-refractivity contribution in [2.24, 2.45) is 7.05 Å². The van der Waals surface area contributed by atoms with Gasteiger partial charge in [-0.1, -0.05) is 11.8 Å². The lowest BCUT2D eigenvalue weighted by Crippen LogP contribution is -1.88. The van der Waals surface area contributed by atoms with E-state index in [1.807, 2.05) is 23.7 Å². The van der Waals surface area contributed by atoms with E-state index in [2.05, 4.69) is 10.2 Å². The summed E-state index contributed by atoms with van der Waals surface area (Å²) in [5, 5.41) is 17.2. The molecule has 2 rings (SSSR count). The van der Waals surface area contributed by atoms with Crippen molar-refractivity contribution >= 4 is 35.1 Å². The van der Waals surface area contributed by atoms with Crippen LogP contribution in [0.2, 0.25) is 0 Å². The molecular weight excluding hydrogens is 270 g/mol. The Hall–Kier alpha value is -1.60. The van der Waals surface area contributed by atoms with Crippen LogP contribution in [-0.4, -0.2) is 25.8 Å². The van der Waals surface area contributed by atoms with E-state index < -0.39 is 5.97 Å². The number of rotatable bonds is 5. The van der Waals surface area contributed by atoms with Gasteiger partial charge in [-0.05, 0) is 18.2 Å². The lowest BCUT2D eigenvalue weighted by Gasteiger charge is -1.97. The summed E-state index contributed by atoms with van der Waals surface area (Å²) in [5.41, 5.74) is 0. The smallest absolute Gasteiger partial charge is 0.328 e. The first-order valence-corrected chi connectivity index (χ1v) is 6.92. The third kappa shape index (κ3) is 3.44. The minimum atomic E-state index is -0.932. The largest absolute Gasteiger partial charge is 0.478 e. The number of carbonyl (C=O) groups is 1. The maximum Gasteiger partial charge on any atom is 0.328 e. The summed E-state index contributed by atoms with van der Waals surface area (Å²) in [5.74, 6) is -0.128. The van der Waals surface area contributed by atoms with Gasteiger partial charge in [0, 0.05) is 28.6 Å². The van der Waals surface area contributed by atoms with E-state index in [1.165, 1.54) is 4.88 Å². The van der Waals surface area contributed by atoms with Gasteiger partial charge in [0.2, 0.25) is 0 Å². The highest BCUT2D eigenvalue weighted by molar-refractivity contribution is 7.98. The van der Waals surface area contributed by atoms with Gasteiger partial charge in [0.15, 0.2) is 5.16 Å². The Balaban J connectivity index is 1.95. The fraction of sp³-hybridized carbons (Fsp3) is 0.182. The first kappa shape index (κ1) is 12.8.